The molecule has 0 amide bonds. The summed E-state index contributed by atoms with van der Waals surface area (Å²) in [6.07, 6.45) is -5.02. The summed E-state index contributed by atoms with van der Waals surface area (Å²) in [5.74, 6) is -3.13. The van der Waals surface area contributed by atoms with Crippen LogP contribution in [0.2, 0.25) is 5.02 Å². The van der Waals surface area contributed by atoms with E-state index in [2.05, 4.69) is 0 Å². The van der Waals surface area contributed by atoms with Crippen molar-refractivity contribution in [3.8, 4) is 23.0 Å². The molecule has 1 aromatic heterocycles. The standard InChI is InChI=1S/C25H16ClF3O6/c1-14-3-2-4-17(11-14)34-23-22(31)19-10-9-18(12-20(19)35-24(23)25(27,28)29)33-21(30)13-32-16-7-5-15(26)6-8-16/h2-12H,13H2,1H3. The van der Waals surface area contributed by atoms with Gasteiger partial charge in [-0.3, -0.25) is 4.79 Å². The third-order valence-corrected chi connectivity index (χ3v) is 4.94. The minimum Gasteiger partial charge on any atom is -0.482 e. The van der Waals surface area contributed by atoms with Gasteiger partial charge in [-0.1, -0.05) is 23.7 Å². The highest BCUT2D eigenvalue weighted by atomic mass is 35.5. The van der Waals surface area contributed by atoms with Crippen molar-refractivity contribution in [3.63, 3.8) is 0 Å². The van der Waals surface area contributed by atoms with Crippen molar-refractivity contribution in [1.29, 1.82) is 0 Å². The Morgan fingerprint density at radius 2 is 1.69 bits per heavy atom. The van der Waals surface area contributed by atoms with Crippen LogP contribution in [0.5, 0.6) is 23.0 Å². The first-order chi connectivity index (χ1) is 16.6. The summed E-state index contributed by atoms with van der Waals surface area (Å²) in [5.41, 5.74) is -0.723. The van der Waals surface area contributed by atoms with Crippen molar-refractivity contribution in [1.82, 2.24) is 0 Å². The highest BCUT2D eigenvalue weighted by molar-refractivity contribution is 6.30. The highest BCUT2D eigenvalue weighted by Crippen LogP contribution is 2.38. The first-order valence-corrected chi connectivity index (χ1v) is 10.5. The van der Waals surface area contributed by atoms with E-state index in [1.807, 2.05) is 0 Å². The number of fused-ring (bicyclic) bond motifs is 1. The lowest BCUT2D eigenvalue weighted by Crippen LogP contribution is -2.18. The molecule has 10 heteroatoms. The number of esters is 1. The first-order valence-electron chi connectivity index (χ1n) is 10.1. The van der Waals surface area contributed by atoms with Crippen LogP contribution in [0.25, 0.3) is 11.0 Å². The molecule has 4 rings (SSSR count). The topological polar surface area (TPSA) is 75.0 Å². The lowest BCUT2D eigenvalue weighted by molar-refractivity contribution is -0.154. The number of aryl methyl sites for hydroxylation is 1. The van der Waals surface area contributed by atoms with Crippen LogP contribution in [0.4, 0.5) is 13.2 Å². The number of carbonyl (C=O) groups is 1. The van der Waals surface area contributed by atoms with E-state index < -0.39 is 41.3 Å². The molecule has 0 aliphatic rings. The van der Waals surface area contributed by atoms with Crippen molar-refractivity contribution in [2.75, 3.05) is 6.61 Å². The highest BCUT2D eigenvalue weighted by Gasteiger charge is 2.40. The zero-order valence-electron chi connectivity index (χ0n) is 18.0. The number of alkyl halides is 3. The van der Waals surface area contributed by atoms with Gasteiger partial charge in [-0.15, -0.1) is 0 Å². The smallest absolute Gasteiger partial charge is 0.453 e. The lowest BCUT2D eigenvalue weighted by Gasteiger charge is -2.14. The van der Waals surface area contributed by atoms with Crippen LogP contribution >= 0.6 is 11.6 Å². The molecular weight excluding hydrogens is 489 g/mol. The number of carbonyl (C=O) groups excluding carboxylic acids is 1. The summed E-state index contributed by atoms with van der Waals surface area (Å²) in [5, 5.41) is 0.307. The van der Waals surface area contributed by atoms with Gasteiger partial charge in [-0.05, 0) is 61.0 Å². The molecule has 0 fully saturated rings. The van der Waals surface area contributed by atoms with Crippen molar-refractivity contribution in [2.45, 2.75) is 13.1 Å². The summed E-state index contributed by atoms with van der Waals surface area (Å²) in [6, 6.07) is 15.9. The molecule has 0 radical (unpaired) electrons. The third-order valence-electron chi connectivity index (χ3n) is 4.69. The minimum atomic E-state index is -5.02. The molecule has 180 valence electrons. The Hall–Kier alpha value is -3.98. The minimum absolute atomic E-state index is 0.0494. The van der Waals surface area contributed by atoms with E-state index in [1.54, 1.807) is 43.3 Å². The average molecular weight is 505 g/mol. The Bertz CT molecular complexity index is 1440. The van der Waals surface area contributed by atoms with Gasteiger partial charge in [0.05, 0.1) is 5.39 Å². The summed E-state index contributed by atoms with van der Waals surface area (Å²) in [4.78, 5) is 25.0. The van der Waals surface area contributed by atoms with E-state index in [0.717, 1.165) is 11.6 Å². The Morgan fingerprint density at radius 3 is 2.37 bits per heavy atom. The van der Waals surface area contributed by atoms with Crippen LogP contribution in [0.3, 0.4) is 0 Å². The van der Waals surface area contributed by atoms with Gasteiger partial charge >= 0.3 is 12.1 Å². The number of halogens is 4. The first kappa shape index (κ1) is 24.2. The fraction of sp³-hybridized carbons (Fsp3) is 0.120. The number of rotatable bonds is 6. The molecule has 3 aromatic carbocycles. The molecule has 0 aliphatic carbocycles. The number of hydrogen-bond donors (Lipinski definition) is 0. The number of benzene rings is 3. The molecule has 6 nitrogen and oxygen atoms in total. The predicted molar refractivity (Wildman–Crippen MR) is 121 cm³/mol. The van der Waals surface area contributed by atoms with E-state index in [9.17, 15) is 22.8 Å². The van der Waals surface area contributed by atoms with Crippen LogP contribution in [0, 0.1) is 6.92 Å². The SMILES string of the molecule is Cc1cccc(Oc2c(C(F)(F)F)oc3cc(OC(=O)COc4ccc(Cl)cc4)ccc3c2=O)c1. The van der Waals surface area contributed by atoms with E-state index in [4.69, 9.17) is 30.2 Å². The van der Waals surface area contributed by atoms with Gasteiger partial charge in [0.2, 0.25) is 11.2 Å². The molecule has 4 aromatic rings. The van der Waals surface area contributed by atoms with Crippen LogP contribution in [0.1, 0.15) is 11.3 Å². The quantitative estimate of drug-likeness (QED) is 0.219. The number of hydrogen-bond acceptors (Lipinski definition) is 6. The molecule has 0 saturated heterocycles. The fourth-order valence-electron chi connectivity index (χ4n) is 3.13. The predicted octanol–water partition coefficient (Wildman–Crippen LogP) is 6.55. The normalized spacial score (nSPS) is 11.3. The zero-order valence-corrected chi connectivity index (χ0v) is 18.8. The van der Waals surface area contributed by atoms with E-state index in [0.29, 0.717) is 10.8 Å². The summed E-state index contributed by atoms with van der Waals surface area (Å²) >= 11 is 5.78. The van der Waals surface area contributed by atoms with Gasteiger partial charge < -0.3 is 18.6 Å². The average Bonchev–Trinajstić information content (AvgIpc) is 2.80. The Morgan fingerprint density at radius 1 is 0.971 bits per heavy atom. The molecule has 0 bridgehead atoms. The molecule has 0 atom stereocenters. The van der Waals surface area contributed by atoms with Gasteiger partial charge in [0, 0.05) is 11.1 Å². The molecule has 0 unspecified atom stereocenters. The van der Waals surface area contributed by atoms with Gasteiger partial charge in [0.1, 0.15) is 22.8 Å². The third kappa shape index (κ3) is 5.75. The second-order valence-corrected chi connectivity index (χ2v) is 7.82. The summed E-state index contributed by atoms with van der Waals surface area (Å²) in [6.45, 7) is 1.25. The summed E-state index contributed by atoms with van der Waals surface area (Å²) < 4.78 is 61.8. The Balaban J connectivity index is 1.61. The van der Waals surface area contributed by atoms with Gasteiger partial charge in [0.25, 0.3) is 5.76 Å². The van der Waals surface area contributed by atoms with Gasteiger partial charge in [-0.2, -0.15) is 13.2 Å². The molecule has 1 heterocycles. The van der Waals surface area contributed by atoms with Crippen LogP contribution in [0.15, 0.2) is 75.9 Å². The Kier molecular flexibility index (Phi) is 6.70. The zero-order chi connectivity index (χ0) is 25.2. The Labute approximate surface area is 201 Å². The van der Waals surface area contributed by atoms with Gasteiger partial charge in [-0.25, -0.2) is 4.79 Å². The molecule has 0 spiro atoms. The van der Waals surface area contributed by atoms with Crippen LogP contribution in [-0.2, 0) is 11.0 Å². The number of ether oxygens (including phenoxy) is 3. The second-order valence-electron chi connectivity index (χ2n) is 7.38. The van der Waals surface area contributed by atoms with Crippen LogP contribution < -0.4 is 19.6 Å². The maximum atomic E-state index is 13.7. The maximum Gasteiger partial charge on any atom is 0.453 e. The largest absolute Gasteiger partial charge is 0.482 e. The van der Waals surface area contributed by atoms with E-state index >= 15 is 0 Å². The lowest BCUT2D eigenvalue weighted by atomic mass is 10.2. The molecular formula is C25H16ClF3O6. The van der Waals surface area contributed by atoms with E-state index in [-0.39, 0.29) is 16.9 Å². The van der Waals surface area contributed by atoms with Crippen molar-refractivity contribution in [2.24, 2.45) is 0 Å². The molecule has 0 aliphatic heterocycles. The van der Waals surface area contributed by atoms with Gasteiger partial charge in [0.15, 0.2) is 6.61 Å². The fourth-order valence-corrected chi connectivity index (χ4v) is 3.26. The monoisotopic (exact) mass is 504 g/mol. The molecule has 0 saturated carbocycles. The second kappa shape index (κ2) is 9.71. The van der Waals surface area contributed by atoms with Crippen molar-refractivity contribution >= 4 is 28.5 Å². The van der Waals surface area contributed by atoms with Crippen molar-refractivity contribution in [3.05, 3.63) is 93.3 Å². The maximum absolute atomic E-state index is 13.7. The van der Waals surface area contributed by atoms with E-state index in [1.165, 1.54) is 24.3 Å². The molecule has 35 heavy (non-hydrogen) atoms. The molecule has 0 N–H and O–H groups in total. The van der Waals surface area contributed by atoms with Crippen LogP contribution in [-0.4, -0.2) is 12.6 Å². The van der Waals surface area contributed by atoms with Crippen molar-refractivity contribution < 1.29 is 36.6 Å². The summed E-state index contributed by atoms with van der Waals surface area (Å²) in [7, 11) is 0.